The van der Waals surface area contributed by atoms with Crippen LogP contribution in [-0.2, 0) is 6.42 Å². The SMILES string of the molecule is OCC(Cc1cccc2ccccc12)c1ccc(Br)cc1. The third-order valence-electron chi connectivity index (χ3n) is 3.91. The first-order chi connectivity index (χ1) is 10.3. The Kier molecular flexibility index (Phi) is 4.37. The van der Waals surface area contributed by atoms with E-state index in [-0.39, 0.29) is 12.5 Å². The predicted molar refractivity (Wildman–Crippen MR) is 91.6 cm³/mol. The topological polar surface area (TPSA) is 20.2 Å². The molecule has 1 atom stereocenters. The summed E-state index contributed by atoms with van der Waals surface area (Å²) in [6.45, 7) is 0.158. The highest BCUT2D eigenvalue weighted by molar-refractivity contribution is 9.10. The van der Waals surface area contributed by atoms with Crippen molar-refractivity contribution in [3.05, 3.63) is 82.3 Å². The van der Waals surface area contributed by atoms with Crippen LogP contribution in [0.5, 0.6) is 0 Å². The molecule has 0 radical (unpaired) electrons. The lowest BCUT2D eigenvalue weighted by Crippen LogP contribution is -2.08. The number of hydrogen-bond donors (Lipinski definition) is 1. The molecule has 1 N–H and O–H groups in total. The highest BCUT2D eigenvalue weighted by Crippen LogP contribution is 2.26. The Morgan fingerprint density at radius 1 is 0.857 bits per heavy atom. The largest absolute Gasteiger partial charge is 0.396 e. The average molecular weight is 341 g/mol. The zero-order valence-corrected chi connectivity index (χ0v) is 13.3. The molecule has 0 heterocycles. The minimum atomic E-state index is 0.129. The minimum absolute atomic E-state index is 0.129. The van der Waals surface area contributed by atoms with E-state index in [2.05, 4.69) is 70.5 Å². The Balaban J connectivity index is 1.94. The summed E-state index contributed by atoms with van der Waals surface area (Å²) in [5.74, 6) is 0.129. The predicted octanol–water partition coefficient (Wildman–Crippen LogP) is 4.92. The zero-order chi connectivity index (χ0) is 14.7. The monoisotopic (exact) mass is 340 g/mol. The van der Waals surface area contributed by atoms with Crippen molar-refractivity contribution in [2.24, 2.45) is 0 Å². The van der Waals surface area contributed by atoms with Gasteiger partial charge in [-0.1, -0.05) is 70.5 Å². The molecule has 3 aromatic carbocycles. The Morgan fingerprint density at radius 3 is 2.33 bits per heavy atom. The lowest BCUT2D eigenvalue weighted by atomic mass is 9.90. The Morgan fingerprint density at radius 2 is 1.57 bits per heavy atom. The summed E-state index contributed by atoms with van der Waals surface area (Å²) >= 11 is 3.45. The van der Waals surface area contributed by atoms with Crippen LogP contribution in [0.25, 0.3) is 10.8 Å². The quantitative estimate of drug-likeness (QED) is 0.714. The maximum atomic E-state index is 9.77. The van der Waals surface area contributed by atoms with Gasteiger partial charge in [-0.3, -0.25) is 0 Å². The Hall–Kier alpha value is -1.64. The maximum Gasteiger partial charge on any atom is 0.0502 e. The fourth-order valence-corrected chi connectivity index (χ4v) is 3.02. The molecule has 3 rings (SSSR count). The van der Waals surface area contributed by atoms with Gasteiger partial charge in [0.1, 0.15) is 0 Å². The second-order valence-electron chi connectivity index (χ2n) is 5.27. The Labute approximate surface area is 133 Å². The number of aliphatic hydroxyl groups is 1. The molecule has 0 saturated heterocycles. The molecule has 1 unspecified atom stereocenters. The molecule has 0 aliphatic carbocycles. The van der Waals surface area contributed by atoms with Crippen LogP contribution in [0.4, 0.5) is 0 Å². The fourth-order valence-electron chi connectivity index (χ4n) is 2.76. The molecule has 21 heavy (non-hydrogen) atoms. The van der Waals surface area contributed by atoms with E-state index >= 15 is 0 Å². The number of fused-ring (bicyclic) bond motifs is 1. The Bertz CT molecular complexity index is 729. The van der Waals surface area contributed by atoms with E-state index in [1.54, 1.807) is 0 Å². The molecule has 0 bridgehead atoms. The van der Waals surface area contributed by atoms with E-state index in [0.29, 0.717) is 0 Å². The normalized spacial score (nSPS) is 12.5. The van der Waals surface area contributed by atoms with Gasteiger partial charge in [-0.2, -0.15) is 0 Å². The van der Waals surface area contributed by atoms with Crippen LogP contribution in [0, 0.1) is 0 Å². The molecule has 0 amide bonds. The molecule has 3 aromatic rings. The van der Waals surface area contributed by atoms with Gasteiger partial charge < -0.3 is 5.11 Å². The minimum Gasteiger partial charge on any atom is -0.396 e. The second-order valence-corrected chi connectivity index (χ2v) is 6.19. The summed E-state index contributed by atoms with van der Waals surface area (Å²) in [6.07, 6.45) is 0.847. The fraction of sp³-hybridized carbons (Fsp3) is 0.158. The lowest BCUT2D eigenvalue weighted by molar-refractivity contribution is 0.264. The lowest BCUT2D eigenvalue weighted by Gasteiger charge is -2.16. The van der Waals surface area contributed by atoms with Crippen molar-refractivity contribution in [3.8, 4) is 0 Å². The number of hydrogen-bond acceptors (Lipinski definition) is 1. The van der Waals surface area contributed by atoms with Gasteiger partial charge in [-0.25, -0.2) is 0 Å². The molecular weight excluding hydrogens is 324 g/mol. The van der Waals surface area contributed by atoms with Crippen molar-refractivity contribution >= 4 is 26.7 Å². The molecule has 0 saturated carbocycles. The summed E-state index contributed by atoms with van der Waals surface area (Å²) in [4.78, 5) is 0. The van der Waals surface area contributed by atoms with Gasteiger partial charge >= 0.3 is 0 Å². The third-order valence-corrected chi connectivity index (χ3v) is 4.44. The molecule has 106 valence electrons. The van der Waals surface area contributed by atoms with Crippen LogP contribution in [0.15, 0.2) is 71.2 Å². The molecular formula is C19H17BrO. The van der Waals surface area contributed by atoms with Crippen LogP contribution >= 0.6 is 15.9 Å². The molecule has 0 aliphatic heterocycles. The van der Waals surface area contributed by atoms with Gasteiger partial charge in [0.2, 0.25) is 0 Å². The van der Waals surface area contributed by atoms with E-state index in [9.17, 15) is 5.11 Å². The van der Waals surface area contributed by atoms with Crippen molar-refractivity contribution < 1.29 is 5.11 Å². The highest BCUT2D eigenvalue weighted by atomic mass is 79.9. The number of benzene rings is 3. The third kappa shape index (κ3) is 3.17. The number of aliphatic hydroxyl groups excluding tert-OH is 1. The van der Waals surface area contributed by atoms with Crippen LogP contribution in [0.2, 0.25) is 0 Å². The zero-order valence-electron chi connectivity index (χ0n) is 11.7. The van der Waals surface area contributed by atoms with Crippen LogP contribution in [0.3, 0.4) is 0 Å². The molecule has 0 aliphatic rings. The van der Waals surface area contributed by atoms with Crippen molar-refractivity contribution in [1.82, 2.24) is 0 Å². The summed E-state index contributed by atoms with van der Waals surface area (Å²) in [5, 5.41) is 12.3. The van der Waals surface area contributed by atoms with Crippen molar-refractivity contribution in [3.63, 3.8) is 0 Å². The summed E-state index contributed by atoms with van der Waals surface area (Å²) in [6, 6.07) is 23.0. The average Bonchev–Trinajstić information content (AvgIpc) is 2.54. The van der Waals surface area contributed by atoms with Crippen LogP contribution in [0.1, 0.15) is 17.0 Å². The maximum absolute atomic E-state index is 9.77. The molecule has 2 heteroatoms. The van der Waals surface area contributed by atoms with E-state index in [1.807, 2.05) is 12.1 Å². The first-order valence-electron chi connectivity index (χ1n) is 7.11. The summed E-state index contributed by atoms with van der Waals surface area (Å²) < 4.78 is 1.06. The first kappa shape index (κ1) is 14.3. The molecule has 1 nitrogen and oxygen atoms in total. The van der Waals surface area contributed by atoms with E-state index < -0.39 is 0 Å². The van der Waals surface area contributed by atoms with Crippen molar-refractivity contribution in [2.75, 3.05) is 6.61 Å². The van der Waals surface area contributed by atoms with Crippen molar-refractivity contribution in [2.45, 2.75) is 12.3 Å². The summed E-state index contributed by atoms with van der Waals surface area (Å²) in [5.41, 5.74) is 2.46. The van der Waals surface area contributed by atoms with Gasteiger partial charge in [0, 0.05) is 10.4 Å². The van der Waals surface area contributed by atoms with Gasteiger partial charge in [-0.05, 0) is 40.5 Å². The number of rotatable bonds is 4. The number of halogens is 1. The molecule has 0 fully saturated rings. The van der Waals surface area contributed by atoms with Crippen LogP contribution in [-0.4, -0.2) is 11.7 Å². The van der Waals surface area contributed by atoms with Crippen LogP contribution < -0.4 is 0 Å². The first-order valence-corrected chi connectivity index (χ1v) is 7.90. The van der Waals surface area contributed by atoms with Gasteiger partial charge in [0.25, 0.3) is 0 Å². The van der Waals surface area contributed by atoms with Gasteiger partial charge in [0.05, 0.1) is 6.61 Å². The standard InChI is InChI=1S/C19H17BrO/c20-18-10-8-14(9-11-18)17(13-21)12-16-6-3-5-15-4-1-2-7-19(15)16/h1-11,17,21H,12-13H2. The van der Waals surface area contributed by atoms with E-state index in [0.717, 1.165) is 10.9 Å². The second kappa shape index (κ2) is 6.42. The van der Waals surface area contributed by atoms with E-state index in [1.165, 1.54) is 21.9 Å². The van der Waals surface area contributed by atoms with Gasteiger partial charge in [-0.15, -0.1) is 0 Å². The molecule has 0 spiro atoms. The van der Waals surface area contributed by atoms with Crippen molar-refractivity contribution in [1.29, 1.82) is 0 Å². The van der Waals surface area contributed by atoms with Gasteiger partial charge in [0.15, 0.2) is 0 Å². The highest BCUT2D eigenvalue weighted by Gasteiger charge is 2.13. The summed E-state index contributed by atoms with van der Waals surface area (Å²) in [7, 11) is 0. The van der Waals surface area contributed by atoms with E-state index in [4.69, 9.17) is 0 Å². The molecule has 0 aromatic heterocycles. The smallest absolute Gasteiger partial charge is 0.0502 e.